The molecule has 1 unspecified atom stereocenters. The van der Waals surface area contributed by atoms with Crippen LogP contribution < -0.4 is 11.1 Å². The Bertz CT molecular complexity index is 527. The summed E-state index contributed by atoms with van der Waals surface area (Å²) in [5.74, 6) is 1.09. The molecule has 1 aromatic heterocycles. The van der Waals surface area contributed by atoms with Gasteiger partial charge in [-0.3, -0.25) is 4.98 Å². The summed E-state index contributed by atoms with van der Waals surface area (Å²) < 4.78 is 0. The number of fused-ring (bicyclic) bond motifs is 1. The first-order valence-corrected chi connectivity index (χ1v) is 7.53. The van der Waals surface area contributed by atoms with Gasteiger partial charge in [-0.05, 0) is 24.8 Å². The average molecular weight is 261 g/mol. The average Bonchev–Trinajstić information content (AvgIpc) is 2.41. The molecule has 0 fully saturated rings. The Morgan fingerprint density at radius 1 is 1.39 bits per heavy atom. The van der Waals surface area contributed by atoms with Crippen molar-refractivity contribution >= 4 is 33.9 Å². The molecule has 1 aromatic carbocycles. The Morgan fingerprint density at radius 3 is 2.94 bits per heavy atom. The lowest BCUT2D eigenvalue weighted by molar-refractivity contribution is 0.775. The van der Waals surface area contributed by atoms with E-state index in [9.17, 15) is 0 Å². The number of anilines is 2. The predicted molar refractivity (Wildman–Crippen MR) is 82.2 cm³/mol. The number of rotatable bonds is 5. The minimum absolute atomic E-state index is 0.460. The third-order valence-electron chi connectivity index (χ3n) is 3.08. The second kappa shape index (κ2) is 5.96. The van der Waals surface area contributed by atoms with Crippen LogP contribution in [0.3, 0.4) is 0 Å². The van der Waals surface area contributed by atoms with Crippen molar-refractivity contribution in [2.45, 2.75) is 19.4 Å². The monoisotopic (exact) mass is 261 g/mol. The molecule has 96 valence electrons. The van der Waals surface area contributed by atoms with Crippen molar-refractivity contribution in [2.75, 3.05) is 23.1 Å². The number of nitrogen functional groups attached to an aromatic ring is 1. The van der Waals surface area contributed by atoms with Crippen LogP contribution in [0.2, 0.25) is 0 Å². The molecule has 3 N–H and O–H groups in total. The molecular formula is C14H19N3S. The summed E-state index contributed by atoms with van der Waals surface area (Å²) in [6.45, 7) is 2.19. The summed E-state index contributed by atoms with van der Waals surface area (Å²) in [4.78, 5) is 4.11. The fraction of sp³-hybridized carbons (Fsp3) is 0.357. The van der Waals surface area contributed by atoms with E-state index in [0.717, 1.165) is 34.3 Å². The summed E-state index contributed by atoms with van der Waals surface area (Å²) in [7, 11) is 0. The highest BCUT2D eigenvalue weighted by Crippen LogP contribution is 2.28. The highest BCUT2D eigenvalue weighted by atomic mass is 32.2. The Hall–Kier alpha value is -1.42. The molecule has 1 heterocycles. The molecule has 0 amide bonds. The molecular weight excluding hydrogens is 242 g/mol. The molecule has 4 heteroatoms. The minimum Gasteiger partial charge on any atom is -0.397 e. The van der Waals surface area contributed by atoms with Crippen molar-refractivity contribution in [3.63, 3.8) is 0 Å². The first kappa shape index (κ1) is 13.0. The normalized spacial score (nSPS) is 12.6. The molecule has 3 nitrogen and oxygen atoms in total. The number of hydrogen-bond acceptors (Lipinski definition) is 4. The number of nitrogens with two attached hydrogens (primary N) is 1. The number of aromatic nitrogens is 1. The van der Waals surface area contributed by atoms with Gasteiger partial charge >= 0.3 is 0 Å². The molecule has 1 atom stereocenters. The van der Waals surface area contributed by atoms with E-state index in [0.29, 0.717) is 6.04 Å². The van der Waals surface area contributed by atoms with Crippen LogP contribution in [0.5, 0.6) is 0 Å². The van der Waals surface area contributed by atoms with Crippen LogP contribution in [-0.4, -0.2) is 23.0 Å². The molecule has 2 aromatic rings. The van der Waals surface area contributed by atoms with Crippen LogP contribution in [0.1, 0.15) is 13.3 Å². The standard InChI is InChI=1S/C14H19N3S/c1-3-11(9-18-2)17-13-5-4-10-8-16-7-6-12(10)14(13)15/h4-8,11,17H,3,9,15H2,1-2H3. The third-order valence-corrected chi connectivity index (χ3v) is 3.82. The van der Waals surface area contributed by atoms with Crippen molar-refractivity contribution in [1.29, 1.82) is 0 Å². The van der Waals surface area contributed by atoms with Crippen LogP contribution >= 0.6 is 11.8 Å². The molecule has 0 saturated carbocycles. The van der Waals surface area contributed by atoms with Crippen LogP contribution in [0.25, 0.3) is 10.8 Å². The smallest absolute Gasteiger partial charge is 0.0630 e. The van der Waals surface area contributed by atoms with Gasteiger partial charge in [0.25, 0.3) is 0 Å². The maximum atomic E-state index is 6.22. The number of hydrogen-bond donors (Lipinski definition) is 2. The molecule has 18 heavy (non-hydrogen) atoms. The summed E-state index contributed by atoms with van der Waals surface area (Å²) in [5.41, 5.74) is 8.06. The first-order valence-electron chi connectivity index (χ1n) is 6.14. The lowest BCUT2D eigenvalue weighted by Crippen LogP contribution is -2.21. The van der Waals surface area contributed by atoms with Gasteiger partial charge in [-0.2, -0.15) is 11.8 Å². The van der Waals surface area contributed by atoms with E-state index in [1.54, 1.807) is 6.20 Å². The molecule has 2 rings (SSSR count). The fourth-order valence-electron chi connectivity index (χ4n) is 2.00. The number of thioether (sulfide) groups is 1. The number of nitrogens with one attached hydrogen (secondary N) is 1. The minimum atomic E-state index is 0.460. The Kier molecular flexibility index (Phi) is 4.31. The quantitative estimate of drug-likeness (QED) is 0.810. The molecule has 0 saturated heterocycles. The van der Waals surface area contributed by atoms with E-state index in [1.165, 1.54) is 0 Å². The van der Waals surface area contributed by atoms with Gasteiger partial charge in [0.2, 0.25) is 0 Å². The Balaban J connectivity index is 2.31. The summed E-state index contributed by atoms with van der Waals surface area (Å²) in [6.07, 6.45) is 6.84. The van der Waals surface area contributed by atoms with Gasteiger partial charge in [0.1, 0.15) is 0 Å². The summed E-state index contributed by atoms with van der Waals surface area (Å²) >= 11 is 1.85. The lowest BCUT2D eigenvalue weighted by atomic mass is 10.1. The lowest BCUT2D eigenvalue weighted by Gasteiger charge is -2.19. The Labute approximate surface area is 112 Å². The molecule has 0 aliphatic carbocycles. The predicted octanol–water partition coefficient (Wildman–Crippen LogP) is 3.37. The Morgan fingerprint density at radius 2 is 2.22 bits per heavy atom. The second-order valence-electron chi connectivity index (χ2n) is 4.33. The zero-order valence-corrected chi connectivity index (χ0v) is 11.6. The van der Waals surface area contributed by atoms with Gasteiger partial charge in [-0.25, -0.2) is 0 Å². The molecule has 0 aliphatic heterocycles. The van der Waals surface area contributed by atoms with Gasteiger partial charge in [0, 0.05) is 35.0 Å². The number of pyridine rings is 1. The van der Waals surface area contributed by atoms with Gasteiger partial charge < -0.3 is 11.1 Å². The van der Waals surface area contributed by atoms with Gasteiger partial charge in [-0.15, -0.1) is 0 Å². The van der Waals surface area contributed by atoms with Crippen LogP contribution in [0.4, 0.5) is 11.4 Å². The van der Waals surface area contributed by atoms with Crippen molar-refractivity contribution in [1.82, 2.24) is 4.98 Å². The van der Waals surface area contributed by atoms with E-state index in [-0.39, 0.29) is 0 Å². The van der Waals surface area contributed by atoms with E-state index in [4.69, 9.17) is 5.73 Å². The fourth-order valence-corrected chi connectivity index (χ4v) is 2.72. The highest BCUT2D eigenvalue weighted by Gasteiger charge is 2.09. The summed E-state index contributed by atoms with van der Waals surface area (Å²) in [5, 5.41) is 5.67. The van der Waals surface area contributed by atoms with Crippen molar-refractivity contribution in [2.24, 2.45) is 0 Å². The topological polar surface area (TPSA) is 50.9 Å². The number of benzene rings is 1. The van der Waals surface area contributed by atoms with Crippen molar-refractivity contribution in [3.8, 4) is 0 Å². The van der Waals surface area contributed by atoms with Crippen molar-refractivity contribution in [3.05, 3.63) is 30.6 Å². The van der Waals surface area contributed by atoms with Crippen LogP contribution in [0, 0.1) is 0 Å². The second-order valence-corrected chi connectivity index (χ2v) is 5.24. The maximum absolute atomic E-state index is 6.22. The van der Waals surface area contributed by atoms with E-state index in [2.05, 4.69) is 29.5 Å². The third kappa shape index (κ3) is 2.70. The number of nitrogens with zero attached hydrogens (tertiary/aromatic N) is 1. The van der Waals surface area contributed by atoms with E-state index in [1.807, 2.05) is 30.1 Å². The van der Waals surface area contributed by atoms with Gasteiger partial charge in [0.15, 0.2) is 0 Å². The van der Waals surface area contributed by atoms with Crippen LogP contribution in [-0.2, 0) is 0 Å². The van der Waals surface area contributed by atoms with Gasteiger partial charge in [0.05, 0.1) is 11.4 Å². The zero-order valence-electron chi connectivity index (χ0n) is 10.8. The van der Waals surface area contributed by atoms with E-state index >= 15 is 0 Å². The highest BCUT2D eigenvalue weighted by molar-refractivity contribution is 7.98. The molecule has 0 radical (unpaired) electrons. The SMILES string of the molecule is CCC(CSC)Nc1ccc2cnccc2c1N. The zero-order chi connectivity index (χ0) is 13.0. The van der Waals surface area contributed by atoms with Crippen LogP contribution in [0.15, 0.2) is 30.6 Å². The molecule has 0 aliphatic rings. The molecule has 0 spiro atoms. The molecule has 0 bridgehead atoms. The summed E-state index contributed by atoms with van der Waals surface area (Å²) in [6, 6.07) is 6.53. The first-order chi connectivity index (χ1) is 8.76. The maximum Gasteiger partial charge on any atom is 0.0630 e. The van der Waals surface area contributed by atoms with Crippen molar-refractivity contribution < 1.29 is 0 Å². The van der Waals surface area contributed by atoms with E-state index < -0.39 is 0 Å². The largest absolute Gasteiger partial charge is 0.397 e. The van der Waals surface area contributed by atoms with Gasteiger partial charge in [-0.1, -0.05) is 13.0 Å².